The Morgan fingerprint density at radius 3 is 1.42 bits per heavy atom. The number of aromatic hydroxyl groups is 2. The molecular weight excluding hydrogens is 336 g/mol. The van der Waals surface area contributed by atoms with Gasteiger partial charge in [-0.05, 0) is 60.1 Å². The number of hydrogen-bond acceptors (Lipinski definition) is 6. The van der Waals surface area contributed by atoms with E-state index in [1.807, 2.05) is 0 Å². The van der Waals surface area contributed by atoms with Crippen LogP contribution in [-0.2, 0) is 0 Å². The summed E-state index contributed by atoms with van der Waals surface area (Å²) in [5.41, 5.74) is 1.78. The molecule has 6 nitrogen and oxygen atoms in total. The van der Waals surface area contributed by atoms with Gasteiger partial charge in [-0.2, -0.15) is 0 Å². The predicted octanol–water partition coefficient (Wildman–Crippen LogP) is 2.75. The van der Waals surface area contributed by atoms with Crippen molar-refractivity contribution in [3.8, 4) is 23.0 Å². The van der Waals surface area contributed by atoms with Gasteiger partial charge in [0.2, 0.25) is 0 Å². The molecule has 2 aromatic rings. The standard InChI is InChI=1S/C20H26O6/c1-25-19-11-13(3-5-17(19)23)15(7-9-21)16(8-10-22)14-4-6-18(24)20(12-14)26-2/h3-6,11-12,15-16,21-24H,7-10H2,1-2H3. The lowest BCUT2D eigenvalue weighted by Crippen LogP contribution is -2.15. The highest BCUT2D eigenvalue weighted by molar-refractivity contribution is 5.46. The Hall–Kier alpha value is -2.44. The molecule has 0 bridgehead atoms. The topological polar surface area (TPSA) is 99.4 Å². The molecular formula is C20H26O6. The summed E-state index contributed by atoms with van der Waals surface area (Å²) < 4.78 is 10.4. The van der Waals surface area contributed by atoms with Gasteiger partial charge in [0.05, 0.1) is 14.2 Å². The SMILES string of the molecule is COc1cc(C(CCO)C(CCO)c2ccc(O)c(OC)c2)ccc1O. The van der Waals surface area contributed by atoms with E-state index >= 15 is 0 Å². The minimum absolute atomic E-state index is 0.0228. The molecule has 0 fully saturated rings. The number of aliphatic hydroxyl groups excluding tert-OH is 2. The van der Waals surface area contributed by atoms with Gasteiger partial charge < -0.3 is 29.9 Å². The Bertz CT molecular complexity index is 654. The normalized spacial score (nSPS) is 13.2. The molecule has 142 valence electrons. The average molecular weight is 362 g/mol. The third-order valence-corrected chi connectivity index (χ3v) is 4.63. The molecule has 0 spiro atoms. The van der Waals surface area contributed by atoms with Gasteiger partial charge in [-0.25, -0.2) is 0 Å². The lowest BCUT2D eigenvalue weighted by atomic mass is 9.77. The van der Waals surface area contributed by atoms with Crippen LogP contribution in [0.2, 0.25) is 0 Å². The number of phenols is 2. The number of ether oxygens (including phenoxy) is 2. The van der Waals surface area contributed by atoms with Crippen LogP contribution in [0.5, 0.6) is 23.0 Å². The fraction of sp³-hybridized carbons (Fsp3) is 0.400. The van der Waals surface area contributed by atoms with Crippen LogP contribution in [0.3, 0.4) is 0 Å². The van der Waals surface area contributed by atoms with Gasteiger partial charge in [-0.15, -0.1) is 0 Å². The first-order valence-electron chi connectivity index (χ1n) is 8.51. The second-order valence-electron chi connectivity index (χ2n) is 6.10. The van der Waals surface area contributed by atoms with Crippen LogP contribution < -0.4 is 9.47 Å². The summed E-state index contributed by atoms with van der Waals surface area (Å²) in [6, 6.07) is 10.2. The molecule has 2 aromatic carbocycles. The third kappa shape index (κ3) is 4.39. The summed E-state index contributed by atoms with van der Waals surface area (Å²) in [5.74, 6) is 0.577. The van der Waals surface area contributed by atoms with Crippen molar-refractivity contribution in [2.45, 2.75) is 24.7 Å². The largest absolute Gasteiger partial charge is 0.504 e. The van der Waals surface area contributed by atoms with Gasteiger partial charge in [0.25, 0.3) is 0 Å². The van der Waals surface area contributed by atoms with E-state index in [1.54, 1.807) is 36.4 Å². The van der Waals surface area contributed by atoms with Crippen LogP contribution in [0, 0.1) is 0 Å². The van der Waals surface area contributed by atoms with Crippen LogP contribution in [0.1, 0.15) is 35.8 Å². The fourth-order valence-electron chi connectivity index (χ4n) is 3.33. The highest BCUT2D eigenvalue weighted by Gasteiger charge is 2.26. The van der Waals surface area contributed by atoms with Gasteiger partial charge in [0, 0.05) is 13.2 Å². The average Bonchev–Trinajstić information content (AvgIpc) is 2.65. The number of benzene rings is 2. The molecule has 4 N–H and O–H groups in total. The molecule has 26 heavy (non-hydrogen) atoms. The highest BCUT2D eigenvalue weighted by atomic mass is 16.5. The first-order valence-corrected chi connectivity index (χ1v) is 8.51. The van der Waals surface area contributed by atoms with E-state index in [-0.39, 0.29) is 36.5 Å². The summed E-state index contributed by atoms with van der Waals surface area (Å²) in [6.07, 6.45) is 0.948. The summed E-state index contributed by atoms with van der Waals surface area (Å²) in [4.78, 5) is 0. The minimum Gasteiger partial charge on any atom is -0.504 e. The van der Waals surface area contributed by atoms with Crippen LogP contribution in [0.4, 0.5) is 0 Å². The Morgan fingerprint density at radius 2 is 1.12 bits per heavy atom. The van der Waals surface area contributed by atoms with Gasteiger partial charge in [0.1, 0.15) is 0 Å². The Morgan fingerprint density at radius 1 is 0.731 bits per heavy atom. The molecule has 0 aliphatic rings. The van der Waals surface area contributed by atoms with Crippen molar-refractivity contribution in [3.63, 3.8) is 0 Å². The lowest BCUT2D eigenvalue weighted by molar-refractivity contribution is 0.240. The third-order valence-electron chi connectivity index (χ3n) is 4.63. The molecule has 0 aromatic heterocycles. The smallest absolute Gasteiger partial charge is 0.160 e. The maximum Gasteiger partial charge on any atom is 0.160 e. The van der Waals surface area contributed by atoms with Crippen molar-refractivity contribution in [2.24, 2.45) is 0 Å². The molecule has 2 atom stereocenters. The Labute approximate surface area is 153 Å². The molecule has 2 rings (SSSR count). The Kier molecular flexibility index (Phi) is 7.12. The molecule has 0 saturated carbocycles. The molecule has 0 saturated heterocycles. The predicted molar refractivity (Wildman–Crippen MR) is 98.2 cm³/mol. The van der Waals surface area contributed by atoms with Gasteiger partial charge >= 0.3 is 0 Å². The van der Waals surface area contributed by atoms with Crippen LogP contribution >= 0.6 is 0 Å². The molecule has 0 aliphatic heterocycles. The maximum atomic E-state index is 9.85. The van der Waals surface area contributed by atoms with Gasteiger partial charge in [-0.3, -0.25) is 0 Å². The van der Waals surface area contributed by atoms with Crippen molar-refractivity contribution in [1.29, 1.82) is 0 Å². The van der Waals surface area contributed by atoms with Crippen molar-refractivity contribution in [2.75, 3.05) is 27.4 Å². The van der Waals surface area contributed by atoms with Crippen molar-refractivity contribution < 1.29 is 29.9 Å². The van der Waals surface area contributed by atoms with E-state index in [9.17, 15) is 20.4 Å². The molecule has 0 heterocycles. The summed E-state index contributed by atoms with van der Waals surface area (Å²) in [7, 11) is 2.96. The summed E-state index contributed by atoms with van der Waals surface area (Å²) in [6.45, 7) is -0.0456. The molecule has 0 radical (unpaired) electrons. The first-order chi connectivity index (χ1) is 12.5. The maximum absolute atomic E-state index is 9.85. The fourth-order valence-corrected chi connectivity index (χ4v) is 3.33. The zero-order valence-corrected chi connectivity index (χ0v) is 15.1. The number of methoxy groups -OCH3 is 2. The van der Waals surface area contributed by atoms with Crippen LogP contribution in [0.25, 0.3) is 0 Å². The Balaban J connectivity index is 2.49. The van der Waals surface area contributed by atoms with Gasteiger partial charge in [0.15, 0.2) is 23.0 Å². The van der Waals surface area contributed by atoms with E-state index in [4.69, 9.17) is 9.47 Å². The monoisotopic (exact) mass is 362 g/mol. The second kappa shape index (κ2) is 9.31. The minimum atomic E-state index is -0.115. The number of rotatable bonds is 9. The summed E-state index contributed by atoms with van der Waals surface area (Å²) in [5, 5.41) is 38.9. The zero-order valence-electron chi connectivity index (χ0n) is 15.1. The highest BCUT2D eigenvalue weighted by Crippen LogP contribution is 2.42. The van der Waals surface area contributed by atoms with E-state index in [0.717, 1.165) is 11.1 Å². The van der Waals surface area contributed by atoms with Crippen molar-refractivity contribution in [3.05, 3.63) is 47.5 Å². The number of aliphatic hydroxyl groups is 2. The van der Waals surface area contributed by atoms with E-state index in [0.29, 0.717) is 24.3 Å². The van der Waals surface area contributed by atoms with E-state index in [1.165, 1.54) is 14.2 Å². The van der Waals surface area contributed by atoms with Crippen LogP contribution in [-0.4, -0.2) is 47.9 Å². The molecule has 2 unspecified atom stereocenters. The van der Waals surface area contributed by atoms with Crippen molar-refractivity contribution >= 4 is 0 Å². The second-order valence-corrected chi connectivity index (χ2v) is 6.10. The molecule has 0 amide bonds. The number of hydrogen-bond donors (Lipinski definition) is 4. The zero-order chi connectivity index (χ0) is 19.1. The lowest BCUT2D eigenvalue weighted by Gasteiger charge is -2.28. The number of phenolic OH excluding ortho intramolecular Hbond substituents is 2. The van der Waals surface area contributed by atoms with Gasteiger partial charge in [-0.1, -0.05) is 12.1 Å². The van der Waals surface area contributed by atoms with Crippen molar-refractivity contribution in [1.82, 2.24) is 0 Å². The molecule has 0 aliphatic carbocycles. The summed E-state index contributed by atoms with van der Waals surface area (Å²) >= 11 is 0. The van der Waals surface area contributed by atoms with E-state index in [2.05, 4.69) is 0 Å². The van der Waals surface area contributed by atoms with E-state index < -0.39 is 0 Å². The quantitative estimate of drug-likeness (QED) is 0.547. The molecule has 6 heteroatoms. The van der Waals surface area contributed by atoms with Crippen LogP contribution in [0.15, 0.2) is 36.4 Å². The first kappa shape index (κ1) is 19.9.